The fourth-order valence-corrected chi connectivity index (χ4v) is 6.73. The molecule has 9 heteroatoms. The van der Waals surface area contributed by atoms with Crippen molar-refractivity contribution in [1.29, 1.82) is 0 Å². The highest BCUT2D eigenvalue weighted by molar-refractivity contribution is 6.38. The molecule has 7 nitrogen and oxygen atoms in total. The number of rotatable bonds is 18. The lowest BCUT2D eigenvalue weighted by molar-refractivity contribution is -0.0835. The van der Waals surface area contributed by atoms with Crippen molar-refractivity contribution in [3.05, 3.63) is 0 Å². The van der Waals surface area contributed by atoms with Gasteiger partial charge < -0.3 is 29.6 Å². The lowest BCUT2D eigenvalue weighted by atomic mass is 10.2. The number of urea groups is 1. The van der Waals surface area contributed by atoms with Crippen molar-refractivity contribution in [1.82, 2.24) is 4.90 Å². The van der Waals surface area contributed by atoms with Gasteiger partial charge in [0.05, 0.1) is 19.0 Å². The highest BCUT2D eigenvalue weighted by Crippen LogP contribution is 2.16. The van der Waals surface area contributed by atoms with E-state index in [1.807, 2.05) is 27.7 Å². The first kappa shape index (κ1) is 27.5. The molecule has 2 atom stereocenters. The van der Waals surface area contributed by atoms with Crippen molar-refractivity contribution in [2.24, 2.45) is 5.73 Å². The quantitative estimate of drug-likeness (QED) is 0.262. The second-order valence-electron chi connectivity index (χ2n) is 7.26. The molecule has 0 saturated carbocycles. The number of nitrogens with zero attached hydrogens (tertiary/aromatic N) is 1. The molecule has 0 aliphatic rings. The Hall–Kier alpha value is -0.456. The maximum atomic E-state index is 11.9. The van der Waals surface area contributed by atoms with Crippen LogP contribution in [-0.4, -0.2) is 81.3 Å². The smallest absolute Gasteiger partial charge is 0.314 e. The van der Waals surface area contributed by atoms with E-state index in [9.17, 15) is 4.79 Å². The number of primary amides is 1. The van der Waals surface area contributed by atoms with Crippen molar-refractivity contribution >= 4 is 25.1 Å². The number of ether oxygens (including phenoxy) is 4. The molecule has 0 aromatic rings. The average Bonchev–Trinajstić information content (AvgIpc) is 2.62. The van der Waals surface area contributed by atoms with Gasteiger partial charge in [0.1, 0.15) is 11.8 Å². The number of carbonyl (C=O) groups excluding carboxylic acids is 1. The van der Waals surface area contributed by atoms with Crippen molar-refractivity contribution < 1.29 is 23.7 Å². The molecule has 0 aromatic heterocycles. The predicted molar refractivity (Wildman–Crippen MR) is 120 cm³/mol. The van der Waals surface area contributed by atoms with Crippen molar-refractivity contribution in [2.45, 2.75) is 77.3 Å². The maximum Gasteiger partial charge on any atom is 0.314 e. The van der Waals surface area contributed by atoms with E-state index in [2.05, 4.69) is 13.8 Å². The first-order chi connectivity index (χ1) is 13.4. The molecular weight excluding hydrogens is 392 g/mol. The molecule has 0 aliphatic heterocycles. The third-order valence-corrected chi connectivity index (χ3v) is 8.83. The highest BCUT2D eigenvalue weighted by Gasteiger charge is 2.19. The fraction of sp³-hybridized carbons (Fsp3) is 0.947. The van der Waals surface area contributed by atoms with Crippen LogP contribution in [0.3, 0.4) is 0 Å². The predicted octanol–water partition coefficient (Wildman–Crippen LogP) is 1.81. The number of amides is 2. The molecule has 0 aliphatic carbocycles. The van der Waals surface area contributed by atoms with Gasteiger partial charge in [0.2, 0.25) is 0 Å². The van der Waals surface area contributed by atoms with E-state index in [0.29, 0.717) is 50.6 Å². The van der Waals surface area contributed by atoms with E-state index in [0.717, 1.165) is 12.8 Å². The van der Waals surface area contributed by atoms with Crippen molar-refractivity contribution in [3.8, 4) is 0 Å². The molecular formula is C19H44N2O5Si2. The first-order valence-electron chi connectivity index (χ1n) is 10.9. The molecule has 2 amide bonds. The Labute approximate surface area is 176 Å². The number of hydrogen-bond acceptors (Lipinski definition) is 5. The van der Waals surface area contributed by atoms with Gasteiger partial charge in [-0.3, -0.25) is 0 Å². The molecule has 0 rings (SSSR count). The van der Waals surface area contributed by atoms with Crippen LogP contribution in [0.4, 0.5) is 4.79 Å². The van der Waals surface area contributed by atoms with Gasteiger partial charge in [-0.15, -0.1) is 0 Å². The summed E-state index contributed by atoms with van der Waals surface area (Å²) in [5, 5.41) is 0. The van der Waals surface area contributed by atoms with E-state index in [-0.39, 0.29) is 17.9 Å². The first-order valence-corrected chi connectivity index (χ1v) is 14.1. The third kappa shape index (κ3) is 13.7. The van der Waals surface area contributed by atoms with E-state index in [1.165, 1.54) is 0 Å². The molecule has 0 saturated heterocycles. The van der Waals surface area contributed by atoms with Crippen LogP contribution in [0.15, 0.2) is 0 Å². The number of hydrogen-bond donors (Lipinski definition) is 1. The summed E-state index contributed by atoms with van der Waals surface area (Å²) in [6, 6.07) is -0.333. The Balaban J connectivity index is 4.38. The van der Waals surface area contributed by atoms with E-state index in [4.69, 9.17) is 24.7 Å². The zero-order valence-electron chi connectivity index (χ0n) is 18.9. The lowest BCUT2D eigenvalue weighted by Gasteiger charge is -2.26. The molecule has 28 heavy (non-hydrogen) atoms. The van der Waals surface area contributed by atoms with E-state index in [1.54, 1.807) is 4.90 Å². The van der Waals surface area contributed by atoms with Crippen molar-refractivity contribution in [3.63, 3.8) is 0 Å². The number of nitrogens with two attached hydrogens (primary N) is 1. The third-order valence-electron chi connectivity index (χ3n) is 4.70. The molecule has 2 N–H and O–H groups in total. The van der Waals surface area contributed by atoms with Crippen LogP contribution in [-0.2, 0) is 18.9 Å². The summed E-state index contributed by atoms with van der Waals surface area (Å²) < 4.78 is 22.7. The minimum absolute atomic E-state index is 0.0351. The van der Waals surface area contributed by atoms with Gasteiger partial charge in [0, 0.05) is 39.5 Å². The summed E-state index contributed by atoms with van der Waals surface area (Å²) in [5.41, 5.74) is 6.66. The molecule has 0 heterocycles. The standard InChI is InChI=1S/C19H44N2O5Si2/c1-7-23-18(24-8-2)27-15(5)11-13-21(17(20)22)14-12-16(6)28-19(25-9-3)26-10-4/h15-16,18-19H,7-14,27-28H2,1-6H3,(H2,20,22). The van der Waals surface area contributed by atoms with Crippen LogP contribution in [0, 0.1) is 0 Å². The van der Waals surface area contributed by atoms with E-state index < -0.39 is 19.0 Å². The minimum Gasteiger partial charge on any atom is -0.357 e. The summed E-state index contributed by atoms with van der Waals surface area (Å²) in [4.78, 5) is 13.6. The normalized spacial score (nSPS) is 14.7. The highest BCUT2D eigenvalue weighted by atomic mass is 28.2. The zero-order chi connectivity index (χ0) is 21.4. The van der Waals surface area contributed by atoms with Gasteiger partial charge in [0.15, 0.2) is 0 Å². The largest absolute Gasteiger partial charge is 0.357 e. The number of carbonyl (C=O) groups is 1. The molecule has 0 spiro atoms. The van der Waals surface area contributed by atoms with Crippen molar-refractivity contribution in [2.75, 3.05) is 39.5 Å². The van der Waals surface area contributed by atoms with Gasteiger partial charge in [-0.25, -0.2) is 4.79 Å². The zero-order valence-corrected chi connectivity index (χ0v) is 21.8. The van der Waals surface area contributed by atoms with Gasteiger partial charge in [0.25, 0.3) is 0 Å². The summed E-state index contributed by atoms with van der Waals surface area (Å²) in [6.45, 7) is 16.5. The average molecular weight is 437 g/mol. The molecule has 168 valence electrons. The molecule has 2 unspecified atom stereocenters. The minimum atomic E-state index is -0.546. The summed E-state index contributed by atoms with van der Waals surface area (Å²) in [5.74, 6) is -0.0702. The van der Waals surface area contributed by atoms with Crippen LogP contribution < -0.4 is 5.73 Å². The topological polar surface area (TPSA) is 83.2 Å². The van der Waals surface area contributed by atoms with Crippen LogP contribution in [0.1, 0.15) is 54.4 Å². The van der Waals surface area contributed by atoms with Crippen LogP contribution >= 0.6 is 0 Å². The summed E-state index contributed by atoms with van der Waals surface area (Å²) in [7, 11) is -1.09. The van der Waals surface area contributed by atoms with Crippen LogP contribution in [0.25, 0.3) is 0 Å². The molecule has 0 bridgehead atoms. The SMILES string of the molecule is CCOC(OCC)[SiH2]C(C)CCN(CCC(C)[SiH2]C(OCC)OCC)C(N)=O. The van der Waals surface area contributed by atoms with Gasteiger partial charge >= 0.3 is 6.03 Å². The Morgan fingerprint density at radius 1 is 0.786 bits per heavy atom. The Kier molecular flexibility index (Phi) is 17.1. The second-order valence-corrected chi connectivity index (χ2v) is 12.3. The van der Waals surface area contributed by atoms with Gasteiger partial charge in [-0.05, 0) is 51.6 Å². The van der Waals surface area contributed by atoms with Crippen LogP contribution in [0.5, 0.6) is 0 Å². The second kappa shape index (κ2) is 17.4. The Bertz CT molecular complexity index is 353. The monoisotopic (exact) mass is 436 g/mol. The van der Waals surface area contributed by atoms with Crippen LogP contribution in [0.2, 0.25) is 11.1 Å². The Morgan fingerprint density at radius 2 is 1.11 bits per heavy atom. The molecule has 0 aromatic carbocycles. The van der Waals surface area contributed by atoms with Gasteiger partial charge in [-0.2, -0.15) is 0 Å². The molecule has 0 radical (unpaired) electrons. The lowest BCUT2D eigenvalue weighted by Crippen LogP contribution is -2.39. The van der Waals surface area contributed by atoms with Gasteiger partial charge in [-0.1, -0.05) is 13.8 Å². The molecule has 0 fully saturated rings. The van der Waals surface area contributed by atoms with E-state index >= 15 is 0 Å². The maximum absolute atomic E-state index is 11.9. The fourth-order valence-electron chi connectivity index (χ4n) is 3.09. The Morgan fingerprint density at radius 3 is 1.36 bits per heavy atom. The summed E-state index contributed by atoms with van der Waals surface area (Å²) in [6.07, 6.45) is 1.89. The summed E-state index contributed by atoms with van der Waals surface area (Å²) >= 11 is 0.